The van der Waals surface area contributed by atoms with Crippen LogP contribution in [0, 0.1) is 5.92 Å². The lowest BCUT2D eigenvalue weighted by molar-refractivity contribution is 0.272. The van der Waals surface area contributed by atoms with Crippen molar-refractivity contribution < 1.29 is 0 Å². The molecule has 0 spiro atoms. The van der Waals surface area contributed by atoms with Crippen LogP contribution in [0.4, 0.5) is 0 Å². The molecule has 0 aliphatic heterocycles. The van der Waals surface area contributed by atoms with Crippen LogP contribution >= 0.6 is 15.9 Å². The molecule has 1 aromatic carbocycles. The molecule has 1 aromatic rings. The molecule has 0 radical (unpaired) electrons. The van der Waals surface area contributed by atoms with Gasteiger partial charge in [0.15, 0.2) is 0 Å². The Labute approximate surface area is 120 Å². The summed E-state index contributed by atoms with van der Waals surface area (Å²) in [7, 11) is 2.18. The second kappa shape index (κ2) is 7.93. The highest BCUT2D eigenvalue weighted by molar-refractivity contribution is 9.10. The zero-order valence-electron chi connectivity index (χ0n) is 11.7. The van der Waals surface area contributed by atoms with Crippen molar-refractivity contribution in [2.45, 2.75) is 32.7 Å². The summed E-state index contributed by atoms with van der Waals surface area (Å²) in [4.78, 5) is 2.38. The molecule has 2 nitrogen and oxygen atoms in total. The smallest absolute Gasteiger partial charge is 0.0307 e. The molecule has 0 aliphatic carbocycles. The molecule has 0 saturated heterocycles. The van der Waals surface area contributed by atoms with Gasteiger partial charge in [-0.1, -0.05) is 48.3 Å². The summed E-state index contributed by atoms with van der Waals surface area (Å²) in [6.07, 6.45) is 2.24. The van der Waals surface area contributed by atoms with E-state index >= 15 is 0 Å². The van der Waals surface area contributed by atoms with Crippen molar-refractivity contribution in [3.8, 4) is 0 Å². The third-order valence-corrected chi connectivity index (χ3v) is 3.91. The van der Waals surface area contributed by atoms with Crippen LogP contribution < -0.4 is 5.73 Å². The summed E-state index contributed by atoms with van der Waals surface area (Å²) in [5.41, 5.74) is 7.44. The fraction of sp³-hybridized carbons (Fsp3) is 0.600. The van der Waals surface area contributed by atoms with E-state index in [1.807, 2.05) is 12.1 Å². The molecular weight excluding hydrogens is 288 g/mol. The summed E-state index contributed by atoms with van der Waals surface area (Å²) < 4.78 is 1.10. The summed E-state index contributed by atoms with van der Waals surface area (Å²) in [6, 6.07) is 8.42. The highest BCUT2D eigenvalue weighted by Crippen LogP contribution is 2.19. The summed E-state index contributed by atoms with van der Waals surface area (Å²) >= 11 is 3.49. The number of hydrogen-bond donors (Lipinski definition) is 1. The summed E-state index contributed by atoms with van der Waals surface area (Å²) in [5.74, 6) is 0.761. The van der Waals surface area contributed by atoms with Gasteiger partial charge in [0.2, 0.25) is 0 Å². The van der Waals surface area contributed by atoms with Crippen molar-refractivity contribution in [2.75, 3.05) is 20.1 Å². The second-order valence-electron chi connectivity index (χ2n) is 5.23. The van der Waals surface area contributed by atoms with Crippen LogP contribution in [0.3, 0.4) is 0 Å². The first-order valence-electron chi connectivity index (χ1n) is 6.72. The van der Waals surface area contributed by atoms with Gasteiger partial charge in [-0.15, -0.1) is 0 Å². The van der Waals surface area contributed by atoms with Crippen LogP contribution in [0.5, 0.6) is 0 Å². The van der Waals surface area contributed by atoms with Gasteiger partial charge < -0.3 is 10.6 Å². The SMILES string of the molecule is CCC(C)CN(C)CCC(N)c1cccc(Br)c1. The van der Waals surface area contributed by atoms with Crippen molar-refractivity contribution in [3.05, 3.63) is 34.3 Å². The number of halogens is 1. The lowest BCUT2D eigenvalue weighted by atomic mass is 10.0. The third kappa shape index (κ3) is 5.51. The van der Waals surface area contributed by atoms with E-state index in [0.29, 0.717) is 0 Å². The van der Waals surface area contributed by atoms with Crippen LogP contribution in [-0.4, -0.2) is 25.0 Å². The number of hydrogen-bond acceptors (Lipinski definition) is 2. The van der Waals surface area contributed by atoms with E-state index in [1.165, 1.54) is 12.0 Å². The predicted octanol–water partition coefficient (Wildman–Crippen LogP) is 3.82. The minimum Gasteiger partial charge on any atom is -0.324 e. The normalized spacial score (nSPS) is 14.8. The molecule has 0 saturated carbocycles. The standard InChI is InChI=1S/C15H25BrN2/c1-4-12(2)11-18(3)9-8-15(17)13-6-5-7-14(16)10-13/h5-7,10,12,15H,4,8-9,11,17H2,1-3H3. The van der Waals surface area contributed by atoms with Crippen molar-refractivity contribution in [2.24, 2.45) is 11.7 Å². The number of rotatable bonds is 7. The first kappa shape index (κ1) is 15.7. The fourth-order valence-corrected chi connectivity index (χ4v) is 2.43. The Morgan fingerprint density at radius 2 is 2.11 bits per heavy atom. The molecule has 0 aromatic heterocycles. The maximum Gasteiger partial charge on any atom is 0.0307 e. The van der Waals surface area contributed by atoms with E-state index in [1.54, 1.807) is 0 Å². The lowest BCUT2D eigenvalue weighted by Gasteiger charge is -2.22. The first-order valence-corrected chi connectivity index (χ1v) is 7.51. The van der Waals surface area contributed by atoms with E-state index in [9.17, 15) is 0 Å². The molecule has 3 heteroatoms. The maximum atomic E-state index is 6.23. The van der Waals surface area contributed by atoms with Crippen molar-refractivity contribution >= 4 is 15.9 Å². The Morgan fingerprint density at radius 1 is 1.39 bits per heavy atom. The Balaban J connectivity index is 2.39. The molecule has 2 unspecified atom stereocenters. The van der Waals surface area contributed by atoms with Gasteiger partial charge >= 0.3 is 0 Å². The van der Waals surface area contributed by atoms with E-state index in [4.69, 9.17) is 5.73 Å². The summed E-state index contributed by atoms with van der Waals surface area (Å²) in [6.45, 7) is 6.75. The second-order valence-corrected chi connectivity index (χ2v) is 6.14. The molecule has 0 bridgehead atoms. The molecule has 0 amide bonds. The highest BCUT2D eigenvalue weighted by atomic mass is 79.9. The fourth-order valence-electron chi connectivity index (χ4n) is 2.02. The zero-order valence-corrected chi connectivity index (χ0v) is 13.3. The quantitative estimate of drug-likeness (QED) is 0.829. The average Bonchev–Trinajstić information content (AvgIpc) is 2.35. The molecule has 0 aliphatic rings. The molecule has 2 N–H and O–H groups in total. The maximum absolute atomic E-state index is 6.23. The van der Waals surface area contributed by atoms with Gasteiger partial charge in [-0.2, -0.15) is 0 Å². The first-order chi connectivity index (χ1) is 8.52. The van der Waals surface area contributed by atoms with E-state index in [0.717, 1.165) is 29.9 Å². The molecule has 18 heavy (non-hydrogen) atoms. The van der Waals surface area contributed by atoms with Gasteiger partial charge in [0.25, 0.3) is 0 Å². The number of benzene rings is 1. The Morgan fingerprint density at radius 3 is 2.72 bits per heavy atom. The van der Waals surface area contributed by atoms with Crippen LogP contribution in [0.15, 0.2) is 28.7 Å². The van der Waals surface area contributed by atoms with E-state index in [-0.39, 0.29) is 6.04 Å². The Hall–Kier alpha value is -0.380. The number of nitrogens with zero attached hydrogens (tertiary/aromatic N) is 1. The minimum atomic E-state index is 0.127. The van der Waals surface area contributed by atoms with Crippen molar-refractivity contribution in [1.29, 1.82) is 0 Å². The molecule has 0 fully saturated rings. The van der Waals surface area contributed by atoms with Crippen LogP contribution in [0.2, 0.25) is 0 Å². The van der Waals surface area contributed by atoms with E-state index < -0.39 is 0 Å². The monoisotopic (exact) mass is 312 g/mol. The van der Waals surface area contributed by atoms with Crippen LogP contribution in [0.1, 0.15) is 38.3 Å². The van der Waals surface area contributed by atoms with Gasteiger partial charge in [-0.25, -0.2) is 0 Å². The molecule has 102 valence electrons. The van der Waals surface area contributed by atoms with Crippen molar-refractivity contribution in [1.82, 2.24) is 4.90 Å². The highest BCUT2D eigenvalue weighted by Gasteiger charge is 2.09. The van der Waals surface area contributed by atoms with Gasteiger partial charge in [-0.3, -0.25) is 0 Å². The number of nitrogens with two attached hydrogens (primary N) is 1. The Bertz CT molecular complexity index is 354. The van der Waals surface area contributed by atoms with Crippen molar-refractivity contribution in [3.63, 3.8) is 0 Å². The molecule has 0 heterocycles. The van der Waals surface area contributed by atoms with Crippen LogP contribution in [-0.2, 0) is 0 Å². The van der Waals surface area contributed by atoms with Gasteiger partial charge in [0.1, 0.15) is 0 Å². The third-order valence-electron chi connectivity index (χ3n) is 3.42. The zero-order chi connectivity index (χ0) is 13.5. The Kier molecular flexibility index (Phi) is 6.90. The minimum absolute atomic E-state index is 0.127. The average molecular weight is 313 g/mol. The topological polar surface area (TPSA) is 29.3 Å². The largest absolute Gasteiger partial charge is 0.324 e. The van der Waals surface area contributed by atoms with E-state index in [2.05, 4.69) is 53.9 Å². The van der Waals surface area contributed by atoms with Gasteiger partial charge in [0.05, 0.1) is 0 Å². The lowest BCUT2D eigenvalue weighted by Crippen LogP contribution is -2.27. The molecule has 1 rings (SSSR count). The van der Waals surface area contributed by atoms with Gasteiger partial charge in [-0.05, 0) is 43.6 Å². The predicted molar refractivity (Wildman–Crippen MR) is 82.6 cm³/mol. The summed E-state index contributed by atoms with van der Waals surface area (Å²) in [5, 5.41) is 0. The van der Waals surface area contributed by atoms with Gasteiger partial charge in [0, 0.05) is 17.1 Å². The van der Waals surface area contributed by atoms with Crippen LogP contribution in [0.25, 0.3) is 0 Å². The molecular formula is C15H25BrN2. The molecule has 2 atom stereocenters.